The van der Waals surface area contributed by atoms with E-state index in [1.54, 1.807) is 0 Å². The molecule has 0 fully saturated rings. The maximum atomic E-state index is 6.07. The Morgan fingerprint density at radius 2 is 0.889 bits per heavy atom. The molecule has 0 saturated carbocycles. The van der Waals surface area contributed by atoms with Gasteiger partial charge in [-0.15, -0.1) is 0 Å². The van der Waals surface area contributed by atoms with Crippen LogP contribution in [0.5, 0.6) is 0 Å². The highest BCUT2D eigenvalue weighted by Crippen LogP contribution is 2.15. The topological polar surface area (TPSA) is 9.23 Å². The molecule has 1 heteroatoms. The third-order valence-electron chi connectivity index (χ3n) is 5.80. The Morgan fingerprint density at radius 1 is 0.519 bits per heavy atom. The van der Waals surface area contributed by atoms with Crippen LogP contribution in [-0.4, -0.2) is 12.7 Å². The zero-order valence-electron chi connectivity index (χ0n) is 19.2. The van der Waals surface area contributed by atoms with Crippen LogP contribution in [-0.2, 0) is 4.74 Å². The minimum Gasteiger partial charge on any atom is -0.378 e. The SMILES string of the molecule is [CH2]C[C@H](CCCCCCCCCCC)OCCCCCCCCCCCC. The van der Waals surface area contributed by atoms with Gasteiger partial charge in [0.1, 0.15) is 0 Å². The van der Waals surface area contributed by atoms with Crippen molar-refractivity contribution in [3.05, 3.63) is 6.92 Å². The second-order valence-electron chi connectivity index (χ2n) is 8.58. The normalized spacial score (nSPS) is 12.6. The van der Waals surface area contributed by atoms with E-state index in [2.05, 4.69) is 20.8 Å². The summed E-state index contributed by atoms with van der Waals surface area (Å²) in [7, 11) is 0. The van der Waals surface area contributed by atoms with E-state index >= 15 is 0 Å². The maximum absolute atomic E-state index is 6.07. The molecule has 1 atom stereocenters. The standard InChI is InChI=1S/C26H53O/c1-4-7-9-11-13-15-17-19-21-23-25-27-26(6-3)24-22-20-18-16-14-12-10-8-5-2/h26H,3-25H2,1-2H3/t26-/m1/s1. The van der Waals surface area contributed by atoms with Crippen LogP contribution in [0.3, 0.4) is 0 Å². The summed E-state index contributed by atoms with van der Waals surface area (Å²) in [5, 5.41) is 0. The van der Waals surface area contributed by atoms with Gasteiger partial charge in [-0.25, -0.2) is 0 Å². The number of ether oxygens (including phenoxy) is 1. The first-order valence-corrected chi connectivity index (χ1v) is 12.8. The molecule has 0 aromatic carbocycles. The molecule has 0 aliphatic rings. The van der Waals surface area contributed by atoms with Crippen molar-refractivity contribution in [2.75, 3.05) is 6.61 Å². The zero-order valence-corrected chi connectivity index (χ0v) is 19.2. The predicted octanol–water partition coefficient (Wildman–Crippen LogP) is 9.44. The Balaban J connectivity index is 3.27. The van der Waals surface area contributed by atoms with Gasteiger partial charge in [-0.05, 0) is 19.3 Å². The number of hydrogen-bond donors (Lipinski definition) is 0. The second-order valence-corrected chi connectivity index (χ2v) is 8.58. The number of hydrogen-bond acceptors (Lipinski definition) is 1. The predicted molar refractivity (Wildman–Crippen MR) is 123 cm³/mol. The van der Waals surface area contributed by atoms with Gasteiger partial charge in [0.25, 0.3) is 0 Å². The van der Waals surface area contributed by atoms with Crippen molar-refractivity contribution >= 4 is 0 Å². The maximum Gasteiger partial charge on any atom is 0.0575 e. The van der Waals surface area contributed by atoms with Gasteiger partial charge in [0, 0.05) is 6.61 Å². The first kappa shape index (κ1) is 27.0. The van der Waals surface area contributed by atoms with Crippen molar-refractivity contribution in [2.45, 2.75) is 155 Å². The van der Waals surface area contributed by atoms with Gasteiger partial charge in [0.2, 0.25) is 0 Å². The lowest BCUT2D eigenvalue weighted by atomic mass is 10.0. The Bertz CT molecular complexity index is 251. The molecule has 0 bridgehead atoms. The molecule has 0 spiro atoms. The summed E-state index contributed by atoms with van der Waals surface area (Å²) in [6, 6.07) is 0. The second kappa shape index (κ2) is 24.0. The molecule has 0 aliphatic heterocycles. The van der Waals surface area contributed by atoms with Crippen LogP contribution >= 0.6 is 0 Å². The Morgan fingerprint density at radius 3 is 1.30 bits per heavy atom. The molecule has 0 aliphatic carbocycles. The summed E-state index contributed by atoms with van der Waals surface area (Å²) in [4.78, 5) is 0. The summed E-state index contributed by atoms with van der Waals surface area (Å²) in [6.45, 7) is 9.62. The minimum absolute atomic E-state index is 0.410. The lowest BCUT2D eigenvalue weighted by Crippen LogP contribution is -2.12. The molecule has 0 aromatic heterocycles. The van der Waals surface area contributed by atoms with Gasteiger partial charge in [-0.1, -0.05) is 136 Å². The van der Waals surface area contributed by atoms with Crippen LogP contribution in [0.4, 0.5) is 0 Å². The third-order valence-corrected chi connectivity index (χ3v) is 5.80. The van der Waals surface area contributed by atoms with Gasteiger partial charge in [-0.3, -0.25) is 0 Å². The van der Waals surface area contributed by atoms with E-state index in [-0.39, 0.29) is 0 Å². The largest absolute Gasteiger partial charge is 0.378 e. The van der Waals surface area contributed by atoms with Gasteiger partial charge >= 0.3 is 0 Å². The van der Waals surface area contributed by atoms with Gasteiger partial charge in [-0.2, -0.15) is 0 Å². The first-order chi connectivity index (χ1) is 13.3. The first-order valence-electron chi connectivity index (χ1n) is 12.8. The summed E-state index contributed by atoms with van der Waals surface area (Å²) in [5.74, 6) is 0. The van der Waals surface area contributed by atoms with E-state index in [4.69, 9.17) is 4.74 Å². The lowest BCUT2D eigenvalue weighted by molar-refractivity contribution is 0.0446. The summed E-state index contributed by atoms with van der Waals surface area (Å²) in [6.07, 6.45) is 29.1. The molecule has 0 amide bonds. The van der Waals surface area contributed by atoms with Crippen molar-refractivity contribution in [1.82, 2.24) is 0 Å². The molecule has 0 unspecified atom stereocenters. The average Bonchev–Trinajstić information content (AvgIpc) is 2.69. The molecule has 0 N–H and O–H groups in total. The van der Waals surface area contributed by atoms with E-state index in [9.17, 15) is 0 Å². The van der Waals surface area contributed by atoms with Crippen molar-refractivity contribution in [2.24, 2.45) is 0 Å². The Hall–Kier alpha value is -0.0400. The zero-order chi connectivity index (χ0) is 19.8. The quantitative estimate of drug-likeness (QED) is 0.160. The monoisotopic (exact) mass is 381 g/mol. The molecule has 1 nitrogen and oxygen atoms in total. The minimum atomic E-state index is 0.410. The van der Waals surface area contributed by atoms with Crippen LogP contribution in [0.1, 0.15) is 149 Å². The van der Waals surface area contributed by atoms with Crippen LogP contribution in [0.15, 0.2) is 0 Å². The lowest BCUT2D eigenvalue weighted by Gasteiger charge is -2.16. The van der Waals surface area contributed by atoms with E-state index < -0.39 is 0 Å². The highest BCUT2D eigenvalue weighted by molar-refractivity contribution is 4.61. The van der Waals surface area contributed by atoms with Crippen LogP contribution in [0.25, 0.3) is 0 Å². The number of unbranched alkanes of at least 4 members (excludes halogenated alkanes) is 17. The van der Waals surface area contributed by atoms with Crippen LogP contribution in [0.2, 0.25) is 0 Å². The molecule has 1 radical (unpaired) electrons. The fraction of sp³-hybridized carbons (Fsp3) is 0.962. The molecule has 0 saturated heterocycles. The van der Waals surface area contributed by atoms with Crippen LogP contribution < -0.4 is 0 Å². The van der Waals surface area contributed by atoms with Gasteiger partial charge in [0.15, 0.2) is 0 Å². The van der Waals surface area contributed by atoms with Gasteiger partial charge in [0.05, 0.1) is 6.10 Å². The van der Waals surface area contributed by atoms with E-state index in [1.165, 1.54) is 128 Å². The molecular formula is C26H53O. The summed E-state index contributed by atoms with van der Waals surface area (Å²) in [5.41, 5.74) is 0. The molecule has 27 heavy (non-hydrogen) atoms. The fourth-order valence-electron chi connectivity index (χ4n) is 3.83. The Kier molecular flexibility index (Phi) is 24.0. The highest BCUT2D eigenvalue weighted by Gasteiger charge is 2.06. The van der Waals surface area contributed by atoms with Crippen molar-refractivity contribution in [1.29, 1.82) is 0 Å². The molecule has 163 valence electrons. The molecule has 0 aromatic rings. The van der Waals surface area contributed by atoms with E-state index in [0.29, 0.717) is 6.10 Å². The fourth-order valence-corrected chi connectivity index (χ4v) is 3.83. The van der Waals surface area contributed by atoms with Crippen molar-refractivity contribution < 1.29 is 4.74 Å². The third kappa shape index (κ3) is 22.1. The highest BCUT2D eigenvalue weighted by atomic mass is 16.5. The molecule has 0 heterocycles. The average molecular weight is 382 g/mol. The van der Waals surface area contributed by atoms with Crippen molar-refractivity contribution in [3.63, 3.8) is 0 Å². The summed E-state index contributed by atoms with van der Waals surface area (Å²) < 4.78 is 6.07. The summed E-state index contributed by atoms with van der Waals surface area (Å²) >= 11 is 0. The smallest absolute Gasteiger partial charge is 0.0575 e. The van der Waals surface area contributed by atoms with Crippen molar-refractivity contribution in [3.8, 4) is 0 Å². The van der Waals surface area contributed by atoms with Gasteiger partial charge < -0.3 is 4.74 Å². The molecule has 0 rings (SSSR count). The Labute approximate surface area is 173 Å². The van der Waals surface area contributed by atoms with E-state index in [0.717, 1.165) is 13.0 Å². The van der Waals surface area contributed by atoms with E-state index in [1.807, 2.05) is 0 Å². The number of rotatable bonds is 23. The molecular weight excluding hydrogens is 328 g/mol. The van der Waals surface area contributed by atoms with Crippen LogP contribution in [0, 0.1) is 6.92 Å².